The Balaban J connectivity index is 2.48. The van der Waals surface area contributed by atoms with E-state index in [1.54, 1.807) is 6.07 Å². The zero-order chi connectivity index (χ0) is 16.2. The molecule has 0 aliphatic carbocycles. The first-order valence-corrected chi connectivity index (χ1v) is 8.42. The number of aromatic nitrogens is 1. The summed E-state index contributed by atoms with van der Waals surface area (Å²) in [4.78, 5) is 22.8. The number of nitrogens with zero attached hydrogens (tertiary/aromatic N) is 1. The predicted molar refractivity (Wildman–Crippen MR) is 83.7 cm³/mol. The lowest BCUT2D eigenvalue weighted by Crippen LogP contribution is -2.10. The molecule has 22 heavy (non-hydrogen) atoms. The molecule has 0 radical (unpaired) electrons. The maximum Gasteiger partial charge on any atom is 0.361 e. The first-order valence-electron chi connectivity index (χ1n) is 6.80. The average molecular weight is 323 g/mol. The van der Waals surface area contributed by atoms with Crippen LogP contribution in [0.4, 0.5) is 0 Å². The maximum atomic E-state index is 11.4. The average Bonchev–Trinajstić information content (AvgIpc) is 2.51. The van der Waals surface area contributed by atoms with E-state index in [-0.39, 0.29) is 11.2 Å². The summed E-state index contributed by atoms with van der Waals surface area (Å²) in [5.74, 6) is 0.582. The van der Waals surface area contributed by atoms with E-state index in [1.807, 2.05) is 31.2 Å². The van der Waals surface area contributed by atoms with Crippen molar-refractivity contribution in [3.8, 4) is 22.9 Å². The van der Waals surface area contributed by atoms with Gasteiger partial charge in [-0.05, 0) is 30.7 Å². The summed E-state index contributed by atoms with van der Waals surface area (Å²) >= 11 is 0. The molecule has 2 N–H and O–H groups in total. The van der Waals surface area contributed by atoms with Crippen molar-refractivity contribution in [2.45, 2.75) is 13.3 Å². The summed E-state index contributed by atoms with van der Waals surface area (Å²) in [5.41, 5.74) is 1.27. The lowest BCUT2D eigenvalue weighted by molar-refractivity contribution is 0.318. The van der Waals surface area contributed by atoms with Gasteiger partial charge in [0.2, 0.25) is 5.88 Å². The van der Waals surface area contributed by atoms with Crippen molar-refractivity contribution in [3.05, 3.63) is 36.4 Å². The molecule has 0 fully saturated rings. The lowest BCUT2D eigenvalue weighted by Gasteiger charge is -2.13. The molecule has 0 bridgehead atoms. The minimum Gasteiger partial charge on any atom is -0.493 e. The van der Waals surface area contributed by atoms with Gasteiger partial charge in [0.25, 0.3) is 0 Å². The minimum absolute atomic E-state index is 0.0869. The molecule has 7 heteroatoms. The molecule has 0 saturated carbocycles. The quantitative estimate of drug-likeness (QED) is 0.793. The number of hydrogen-bond acceptors (Lipinski definition) is 4. The highest BCUT2D eigenvalue weighted by molar-refractivity contribution is 7.60. The Labute approximate surface area is 128 Å². The van der Waals surface area contributed by atoms with Gasteiger partial charge in [0.15, 0.2) is 0 Å². The number of rotatable bonds is 6. The van der Waals surface area contributed by atoms with Gasteiger partial charge in [-0.15, -0.1) is 0 Å². The smallest absolute Gasteiger partial charge is 0.361 e. The number of para-hydroxylation sites is 1. The number of benzene rings is 1. The van der Waals surface area contributed by atoms with Crippen LogP contribution in [-0.4, -0.2) is 28.5 Å². The van der Waals surface area contributed by atoms with Gasteiger partial charge < -0.3 is 19.3 Å². The van der Waals surface area contributed by atoms with E-state index < -0.39 is 7.60 Å². The largest absolute Gasteiger partial charge is 0.493 e. The Bertz CT molecular complexity index is 698. The molecule has 0 spiro atoms. The van der Waals surface area contributed by atoms with Crippen LogP contribution < -0.4 is 14.8 Å². The Hall–Kier alpha value is -1.88. The van der Waals surface area contributed by atoms with Crippen molar-refractivity contribution in [1.29, 1.82) is 0 Å². The number of methoxy groups -OCH3 is 1. The Morgan fingerprint density at radius 2 is 1.91 bits per heavy atom. The van der Waals surface area contributed by atoms with Crippen molar-refractivity contribution in [2.75, 3.05) is 13.7 Å². The van der Waals surface area contributed by atoms with Gasteiger partial charge in [-0.25, -0.2) is 4.98 Å². The molecule has 1 heterocycles. The van der Waals surface area contributed by atoms with Gasteiger partial charge in [-0.2, -0.15) is 0 Å². The third-order valence-corrected chi connectivity index (χ3v) is 3.94. The van der Waals surface area contributed by atoms with Gasteiger partial charge in [-0.3, -0.25) is 4.57 Å². The van der Waals surface area contributed by atoms with Crippen molar-refractivity contribution in [1.82, 2.24) is 4.98 Å². The predicted octanol–water partition coefficient (Wildman–Crippen LogP) is 2.35. The van der Waals surface area contributed by atoms with E-state index in [9.17, 15) is 14.4 Å². The molecule has 0 amide bonds. The second-order valence-electron chi connectivity index (χ2n) is 4.61. The lowest BCUT2D eigenvalue weighted by atomic mass is 10.1. The zero-order valence-electron chi connectivity index (χ0n) is 12.4. The van der Waals surface area contributed by atoms with E-state index in [1.165, 1.54) is 13.2 Å². The molecular weight excluding hydrogens is 305 g/mol. The van der Waals surface area contributed by atoms with E-state index >= 15 is 0 Å². The fourth-order valence-electron chi connectivity index (χ4n) is 1.97. The van der Waals surface area contributed by atoms with Crippen molar-refractivity contribution >= 4 is 12.9 Å². The van der Waals surface area contributed by atoms with Crippen molar-refractivity contribution < 1.29 is 23.8 Å². The zero-order valence-corrected chi connectivity index (χ0v) is 13.3. The van der Waals surface area contributed by atoms with Crippen LogP contribution >= 0.6 is 7.60 Å². The number of hydrogen-bond donors (Lipinski definition) is 2. The van der Waals surface area contributed by atoms with E-state index in [4.69, 9.17) is 9.47 Å². The van der Waals surface area contributed by atoms with Crippen LogP contribution in [0.3, 0.4) is 0 Å². The van der Waals surface area contributed by atoms with E-state index in [0.717, 1.165) is 12.0 Å². The molecule has 0 atom stereocenters. The molecule has 0 unspecified atom stereocenters. The fraction of sp³-hybridized carbons (Fsp3) is 0.267. The van der Waals surface area contributed by atoms with Crippen LogP contribution in [0.5, 0.6) is 11.6 Å². The highest BCUT2D eigenvalue weighted by atomic mass is 31.2. The summed E-state index contributed by atoms with van der Waals surface area (Å²) in [7, 11) is -3.11. The summed E-state index contributed by atoms with van der Waals surface area (Å²) in [6.45, 7) is 2.59. The molecule has 2 rings (SSSR count). The second kappa shape index (κ2) is 6.92. The molecule has 1 aromatic carbocycles. The fourth-order valence-corrected chi connectivity index (χ4v) is 2.63. The topological polar surface area (TPSA) is 88.9 Å². The molecular formula is C15H18NO5P. The van der Waals surface area contributed by atoms with Crippen LogP contribution in [0.15, 0.2) is 36.4 Å². The standard InChI is InChI=1S/C15H18NO5P/c1-3-10-21-13-7-5-4-6-11(13)12-8-9-14(22(17,18)19)15(16-12)20-2/h4-9H,3,10H2,1-2H3,(H2,17,18,19). The highest BCUT2D eigenvalue weighted by Gasteiger charge is 2.24. The van der Waals surface area contributed by atoms with Crippen LogP contribution in [-0.2, 0) is 4.57 Å². The molecule has 0 saturated heterocycles. The van der Waals surface area contributed by atoms with Crippen molar-refractivity contribution in [3.63, 3.8) is 0 Å². The summed E-state index contributed by atoms with van der Waals surface area (Å²) in [6, 6.07) is 10.2. The third kappa shape index (κ3) is 3.65. The Morgan fingerprint density at radius 3 is 2.55 bits per heavy atom. The SMILES string of the molecule is CCCOc1ccccc1-c1ccc(P(=O)(O)O)c(OC)n1. The summed E-state index contributed by atoms with van der Waals surface area (Å²) < 4.78 is 22.1. The summed E-state index contributed by atoms with van der Waals surface area (Å²) in [5, 5.41) is -0.231. The van der Waals surface area contributed by atoms with Gasteiger partial charge in [-0.1, -0.05) is 19.1 Å². The summed E-state index contributed by atoms with van der Waals surface area (Å²) in [6.07, 6.45) is 0.877. The van der Waals surface area contributed by atoms with Gasteiger partial charge in [0.1, 0.15) is 11.1 Å². The third-order valence-electron chi connectivity index (χ3n) is 2.97. The number of ether oxygens (including phenoxy) is 2. The van der Waals surface area contributed by atoms with E-state index in [2.05, 4.69) is 4.98 Å². The molecule has 1 aromatic heterocycles. The first-order chi connectivity index (χ1) is 10.5. The van der Waals surface area contributed by atoms with Gasteiger partial charge in [0, 0.05) is 5.56 Å². The van der Waals surface area contributed by atoms with Crippen LogP contribution in [0.2, 0.25) is 0 Å². The first kappa shape index (κ1) is 16.5. The monoisotopic (exact) mass is 323 g/mol. The van der Waals surface area contributed by atoms with Crippen LogP contribution in [0, 0.1) is 0 Å². The maximum absolute atomic E-state index is 11.4. The van der Waals surface area contributed by atoms with Crippen molar-refractivity contribution in [2.24, 2.45) is 0 Å². The van der Waals surface area contributed by atoms with Gasteiger partial charge in [0.05, 0.1) is 19.4 Å². The molecule has 6 nitrogen and oxygen atoms in total. The van der Waals surface area contributed by atoms with Gasteiger partial charge >= 0.3 is 7.60 Å². The van der Waals surface area contributed by atoms with Crippen LogP contribution in [0.1, 0.15) is 13.3 Å². The molecule has 2 aromatic rings. The van der Waals surface area contributed by atoms with E-state index in [0.29, 0.717) is 18.1 Å². The molecule has 118 valence electrons. The Morgan fingerprint density at radius 1 is 1.18 bits per heavy atom. The molecule has 0 aliphatic heterocycles. The van der Waals surface area contributed by atoms with Crippen LogP contribution in [0.25, 0.3) is 11.3 Å². The normalized spacial score (nSPS) is 11.3. The highest BCUT2D eigenvalue weighted by Crippen LogP contribution is 2.38. The number of pyridine rings is 1. The minimum atomic E-state index is -4.43. The molecule has 0 aliphatic rings. The Kier molecular flexibility index (Phi) is 5.19. The second-order valence-corrected chi connectivity index (χ2v) is 6.18.